The van der Waals surface area contributed by atoms with Gasteiger partial charge in [-0.2, -0.15) is 0 Å². The Kier molecular flexibility index (Phi) is 4.02. The largest absolute Gasteiger partial charge is 0.302 e. The molecular weight excluding hydrogens is 270 g/mol. The first-order chi connectivity index (χ1) is 9.93. The number of carbonyl (C=O) groups excluding carboxylic acids is 4. The molecule has 1 aromatic rings. The van der Waals surface area contributed by atoms with Crippen molar-refractivity contribution >= 4 is 29.1 Å². The quantitative estimate of drug-likeness (QED) is 0.477. The third-order valence-electron chi connectivity index (χ3n) is 3.74. The van der Waals surface area contributed by atoms with Crippen LogP contribution in [0.4, 0.5) is 5.69 Å². The van der Waals surface area contributed by atoms with Crippen LogP contribution in [0.5, 0.6) is 0 Å². The van der Waals surface area contributed by atoms with Crippen LogP contribution in [0.1, 0.15) is 31.9 Å². The lowest BCUT2D eigenvalue weighted by Crippen LogP contribution is -2.33. The van der Waals surface area contributed by atoms with E-state index in [1.165, 1.54) is 0 Å². The fourth-order valence-corrected chi connectivity index (χ4v) is 2.65. The topological polar surface area (TPSA) is 71.5 Å². The van der Waals surface area contributed by atoms with Crippen LogP contribution in [0.25, 0.3) is 0 Å². The summed E-state index contributed by atoms with van der Waals surface area (Å²) in [5.74, 6) is -4.63. The average Bonchev–Trinajstić information content (AvgIpc) is 2.68. The van der Waals surface area contributed by atoms with E-state index in [9.17, 15) is 19.2 Å². The van der Waals surface area contributed by atoms with Gasteiger partial charge in [0.25, 0.3) is 5.91 Å². The number of ketones is 2. The van der Waals surface area contributed by atoms with Crippen molar-refractivity contribution in [1.29, 1.82) is 0 Å². The maximum Gasteiger partial charge on any atom is 0.302 e. The van der Waals surface area contributed by atoms with Crippen LogP contribution in [-0.4, -0.2) is 23.4 Å². The number of anilines is 1. The van der Waals surface area contributed by atoms with Crippen LogP contribution in [0.3, 0.4) is 0 Å². The second-order valence-corrected chi connectivity index (χ2v) is 5.02. The number of imide groups is 1. The van der Waals surface area contributed by atoms with Crippen LogP contribution >= 0.6 is 0 Å². The van der Waals surface area contributed by atoms with Gasteiger partial charge < -0.3 is 0 Å². The Morgan fingerprint density at radius 3 is 2.00 bits per heavy atom. The molecule has 0 N–H and O–H groups in total. The lowest BCUT2D eigenvalue weighted by atomic mass is 10.0. The molecule has 0 bridgehead atoms. The van der Waals surface area contributed by atoms with Gasteiger partial charge in [0, 0.05) is 0 Å². The highest BCUT2D eigenvalue weighted by molar-refractivity contribution is 6.59. The molecule has 21 heavy (non-hydrogen) atoms. The third kappa shape index (κ3) is 2.28. The number of Topliss-reactive ketones (excluding diaryl/α,β-unsaturated/α-hetero) is 2. The number of aryl methyl sites for hydroxylation is 2. The monoisotopic (exact) mass is 287 g/mol. The van der Waals surface area contributed by atoms with Crippen molar-refractivity contribution in [3.8, 4) is 0 Å². The van der Waals surface area contributed by atoms with Gasteiger partial charge in [-0.25, -0.2) is 4.90 Å². The van der Waals surface area contributed by atoms with Crippen molar-refractivity contribution in [1.82, 2.24) is 0 Å². The minimum Gasteiger partial charge on any atom is -0.299 e. The molecule has 5 heteroatoms. The number of amides is 2. The molecule has 5 nitrogen and oxygen atoms in total. The molecule has 1 atom stereocenters. The van der Waals surface area contributed by atoms with Crippen LogP contribution in [0, 0.1) is 5.92 Å². The van der Waals surface area contributed by atoms with Crippen molar-refractivity contribution < 1.29 is 19.2 Å². The summed E-state index contributed by atoms with van der Waals surface area (Å²) in [7, 11) is 0. The summed E-state index contributed by atoms with van der Waals surface area (Å²) in [5, 5.41) is 0. The highest BCUT2D eigenvalue weighted by Gasteiger charge is 2.50. The molecule has 0 aliphatic carbocycles. The Balaban J connectivity index is 2.62. The Hall–Kier alpha value is -2.30. The summed E-state index contributed by atoms with van der Waals surface area (Å²) in [6, 6.07) is 5.50. The lowest BCUT2D eigenvalue weighted by Gasteiger charge is -2.20. The maximum atomic E-state index is 12.4. The van der Waals surface area contributed by atoms with E-state index in [1.54, 1.807) is 0 Å². The van der Waals surface area contributed by atoms with Gasteiger partial charge in [0.05, 0.1) is 5.69 Å². The number of benzene rings is 1. The summed E-state index contributed by atoms with van der Waals surface area (Å²) in [5.41, 5.74) is 2.09. The summed E-state index contributed by atoms with van der Waals surface area (Å²) in [6.45, 7) is 4.98. The van der Waals surface area contributed by atoms with E-state index >= 15 is 0 Å². The zero-order chi connectivity index (χ0) is 15.7. The van der Waals surface area contributed by atoms with Crippen molar-refractivity contribution in [3.63, 3.8) is 0 Å². The molecule has 0 spiro atoms. The number of para-hydroxylation sites is 1. The molecule has 1 aliphatic rings. The Labute approximate surface area is 122 Å². The van der Waals surface area contributed by atoms with Crippen LogP contribution in [0.2, 0.25) is 0 Å². The number of rotatable bonds is 4. The molecule has 1 heterocycles. The normalized spacial score (nSPS) is 18.5. The molecular formula is C16H17NO4. The average molecular weight is 287 g/mol. The Bertz CT molecular complexity index is 625. The van der Waals surface area contributed by atoms with Crippen LogP contribution in [0.15, 0.2) is 18.2 Å². The Morgan fingerprint density at radius 1 is 1.10 bits per heavy atom. The number of carbonyl (C=O) groups is 4. The molecule has 0 unspecified atom stereocenters. The molecule has 0 saturated carbocycles. The van der Waals surface area contributed by atoms with E-state index in [2.05, 4.69) is 0 Å². The summed E-state index contributed by atoms with van der Waals surface area (Å²) >= 11 is 0. The molecule has 110 valence electrons. The van der Waals surface area contributed by atoms with Gasteiger partial charge in [-0.15, -0.1) is 0 Å². The number of nitrogens with zero attached hydrogens (tertiary/aromatic N) is 1. The number of hydrogen-bond acceptors (Lipinski definition) is 4. The minimum absolute atomic E-state index is 0.467. The molecule has 0 radical (unpaired) electrons. The third-order valence-corrected chi connectivity index (χ3v) is 3.74. The Morgan fingerprint density at radius 2 is 1.62 bits per heavy atom. The molecule has 1 saturated heterocycles. The van der Waals surface area contributed by atoms with E-state index in [-0.39, 0.29) is 0 Å². The molecule has 0 aromatic heterocycles. The smallest absolute Gasteiger partial charge is 0.299 e. The summed E-state index contributed by atoms with van der Waals surface area (Å²) in [6.07, 6.45) is 1.25. The van der Waals surface area contributed by atoms with Gasteiger partial charge in [0.15, 0.2) is 5.92 Å². The van der Waals surface area contributed by atoms with Crippen molar-refractivity contribution in [2.45, 2.75) is 33.6 Å². The van der Waals surface area contributed by atoms with Gasteiger partial charge in [-0.3, -0.25) is 19.2 Å². The van der Waals surface area contributed by atoms with Gasteiger partial charge in [-0.1, -0.05) is 32.0 Å². The molecule has 2 amide bonds. The van der Waals surface area contributed by atoms with Gasteiger partial charge in [0.1, 0.15) is 5.78 Å². The highest BCUT2D eigenvalue weighted by atomic mass is 16.2. The molecule has 1 aromatic carbocycles. The molecule has 1 fully saturated rings. The maximum absolute atomic E-state index is 12.4. The van der Waals surface area contributed by atoms with Crippen molar-refractivity contribution in [2.24, 2.45) is 5.92 Å². The second-order valence-electron chi connectivity index (χ2n) is 5.02. The number of hydrogen-bond donors (Lipinski definition) is 0. The second kappa shape index (κ2) is 5.60. The van der Waals surface area contributed by atoms with E-state index in [4.69, 9.17) is 0 Å². The van der Waals surface area contributed by atoms with E-state index in [1.807, 2.05) is 32.0 Å². The summed E-state index contributed by atoms with van der Waals surface area (Å²) < 4.78 is 0. The van der Waals surface area contributed by atoms with E-state index < -0.39 is 29.3 Å². The first kappa shape index (κ1) is 15.1. The fraction of sp³-hybridized carbons (Fsp3) is 0.375. The predicted octanol–water partition coefficient (Wildman–Crippen LogP) is 1.46. The van der Waals surface area contributed by atoms with Gasteiger partial charge in [-0.05, 0) is 30.9 Å². The van der Waals surface area contributed by atoms with E-state index in [0.29, 0.717) is 18.5 Å². The first-order valence-corrected chi connectivity index (χ1v) is 6.97. The molecule has 2 rings (SSSR count). The zero-order valence-corrected chi connectivity index (χ0v) is 12.3. The van der Waals surface area contributed by atoms with Crippen LogP contribution in [-0.2, 0) is 32.0 Å². The van der Waals surface area contributed by atoms with Gasteiger partial charge in [0.2, 0.25) is 5.78 Å². The van der Waals surface area contributed by atoms with Gasteiger partial charge >= 0.3 is 5.91 Å². The van der Waals surface area contributed by atoms with Crippen molar-refractivity contribution in [2.75, 3.05) is 4.90 Å². The predicted molar refractivity (Wildman–Crippen MR) is 76.9 cm³/mol. The molecule has 1 aliphatic heterocycles. The highest BCUT2D eigenvalue weighted by Crippen LogP contribution is 2.32. The summed E-state index contributed by atoms with van der Waals surface area (Å²) in [4.78, 5) is 48.8. The lowest BCUT2D eigenvalue weighted by molar-refractivity contribution is -0.139. The van der Waals surface area contributed by atoms with Crippen molar-refractivity contribution in [3.05, 3.63) is 29.3 Å². The van der Waals surface area contributed by atoms with E-state index in [0.717, 1.165) is 23.0 Å². The standard InChI is InChI=1S/C16H17NO4/c1-4-10-7-6-8-11(5-2)13(10)17-15(20)12(9(3)18)14(19)16(17)21/h6-8,12H,4-5H2,1-3H3/t12-/m1/s1. The first-order valence-electron chi connectivity index (χ1n) is 6.97. The fourth-order valence-electron chi connectivity index (χ4n) is 2.65. The minimum atomic E-state index is -1.48. The van der Waals surface area contributed by atoms with Crippen LogP contribution < -0.4 is 4.90 Å². The zero-order valence-electron chi connectivity index (χ0n) is 12.3. The SMILES string of the molecule is CCc1cccc(CC)c1N1C(=O)C(=O)[C@@H](C(C)=O)C1=O.